The summed E-state index contributed by atoms with van der Waals surface area (Å²) in [5, 5.41) is 3.45. The first-order valence-electron chi connectivity index (χ1n) is 7.77. The zero-order valence-corrected chi connectivity index (χ0v) is 14.4. The molecule has 0 bridgehead atoms. The minimum atomic E-state index is -0.477. The highest BCUT2D eigenvalue weighted by atomic mass is 35.5. The van der Waals surface area contributed by atoms with Gasteiger partial charge in [0.2, 0.25) is 11.8 Å². The van der Waals surface area contributed by atoms with Crippen molar-refractivity contribution in [1.29, 1.82) is 0 Å². The molecule has 1 fully saturated rings. The fourth-order valence-corrected chi connectivity index (χ4v) is 2.80. The van der Waals surface area contributed by atoms with E-state index in [4.69, 9.17) is 16.3 Å². The zero-order valence-electron chi connectivity index (χ0n) is 13.6. The van der Waals surface area contributed by atoms with Gasteiger partial charge in [-0.15, -0.1) is 0 Å². The highest BCUT2D eigenvalue weighted by molar-refractivity contribution is 6.30. The highest BCUT2D eigenvalue weighted by Gasteiger charge is 2.52. The van der Waals surface area contributed by atoms with E-state index in [0.717, 1.165) is 24.8 Å². The lowest BCUT2D eigenvalue weighted by Gasteiger charge is -2.23. The Labute approximate surface area is 141 Å². The number of hydrogen-bond donors (Lipinski definition) is 1. The molecule has 1 aromatic carbocycles. The molecule has 6 heteroatoms. The quantitative estimate of drug-likeness (QED) is 0.737. The SMILES string of the molecule is COCCCNC(=O)CN(C)C(=O)C1(c2ccc(Cl)cc2)CC1. The molecule has 126 valence electrons. The third-order valence-corrected chi connectivity index (χ3v) is 4.38. The summed E-state index contributed by atoms with van der Waals surface area (Å²) < 4.78 is 4.93. The predicted molar refractivity (Wildman–Crippen MR) is 89.5 cm³/mol. The Morgan fingerprint density at radius 2 is 1.96 bits per heavy atom. The highest BCUT2D eigenvalue weighted by Crippen LogP contribution is 2.49. The maximum Gasteiger partial charge on any atom is 0.239 e. The van der Waals surface area contributed by atoms with Gasteiger partial charge >= 0.3 is 0 Å². The van der Waals surface area contributed by atoms with Crippen molar-refractivity contribution >= 4 is 23.4 Å². The standard InChI is InChI=1S/C17H23ClN2O3/c1-20(12-15(21)19-10-3-11-23-2)16(22)17(8-9-17)13-4-6-14(18)7-5-13/h4-7H,3,8-12H2,1-2H3,(H,19,21). The molecule has 1 aromatic rings. The molecule has 0 spiro atoms. The number of hydrogen-bond acceptors (Lipinski definition) is 3. The van der Waals surface area contributed by atoms with E-state index in [2.05, 4.69) is 5.32 Å². The maximum absolute atomic E-state index is 12.7. The van der Waals surface area contributed by atoms with Crippen molar-refractivity contribution in [3.05, 3.63) is 34.9 Å². The van der Waals surface area contributed by atoms with E-state index >= 15 is 0 Å². The van der Waals surface area contributed by atoms with Crippen LogP contribution >= 0.6 is 11.6 Å². The Bertz CT molecular complexity index is 555. The van der Waals surface area contributed by atoms with Gasteiger partial charge < -0.3 is 15.0 Å². The first-order valence-corrected chi connectivity index (χ1v) is 8.14. The molecule has 0 radical (unpaired) electrons. The van der Waals surface area contributed by atoms with Crippen LogP contribution in [0.25, 0.3) is 0 Å². The molecular weight excluding hydrogens is 316 g/mol. The second kappa shape index (κ2) is 7.79. The number of ether oxygens (including phenoxy) is 1. The van der Waals surface area contributed by atoms with Gasteiger partial charge in [0.1, 0.15) is 0 Å². The number of rotatable bonds is 8. The number of likely N-dealkylation sites (N-methyl/N-ethyl adjacent to an activating group) is 1. The number of carbonyl (C=O) groups is 2. The molecule has 1 aliphatic rings. The van der Waals surface area contributed by atoms with Crippen LogP contribution in [0, 0.1) is 0 Å². The lowest BCUT2D eigenvalue weighted by molar-refractivity contribution is -0.136. The summed E-state index contributed by atoms with van der Waals surface area (Å²) in [4.78, 5) is 26.1. The fraction of sp³-hybridized carbons (Fsp3) is 0.529. The third-order valence-electron chi connectivity index (χ3n) is 4.13. The molecular formula is C17H23ClN2O3. The van der Waals surface area contributed by atoms with Crippen molar-refractivity contribution in [1.82, 2.24) is 10.2 Å². The van der Waals surface area contributed by atoms with Crippen molar-refractivity contribution in [2.45, 2.75) is 24.7 Å². The molecule has 1 saturated carbocycles. The first-order chi connectivity index (χ1) is 11.0. The Kier molecular flexibility index (Phi) is 6.02. The number of nitrogens with one attached hydrogen (secondary N) is 1. The van der Waals surface area contributed by atoms with Crippen molar-refractivity contribution in [3.63, 3.8) is 0 Å². The number of nitrogens with zero attached hydrogens (tertiary/aromatic N) is 1. The van der Waals surface area contributed by atoms with E-state index in [1.807, 2.05) is 12.1 Å². The molecule has 0 aromatic heterocycles. The van der Waals surface area contributed by atoms with Gasteiger partial charge in [-0.2, -0.15) is 0 Å². The van der Waals surface area contributed by atoms with Crippen LogP contribution in [-0.2, 0) is 19.7 Å². The lowest BCUT2D eigenvalue weighted by atomic mass is 9.94. The molecule has 0 heterocycles. The fourth-order valence-electron chi connectivity index (χ4n) is 2.67. The minimum absolute atomic E-state index is 0.00753. The topological polar surface area (TPSA) is 58.6 Å². The van der Waals surface area contributed by atoms with Crippen molar-refractivity contribution in [2.75, 3.05) is 33.9 Å². The number of amides is 2. The monoisotopic (exact) mass is 338 g/mol. The first kappa shape index (κ1) is 17.8. The van der Waals surface area contributed by atoms with Gasteiger partial charge in [-0.3, -0.25) is 9.59 Å². The molecule has 0 unspecified atom stereocenters. The molecule has 0 aliphatic heterocycles. The van der Waals surface area contributed by atoms with Crippen LogP contribution in [0.3, 0.4) is 0 Å². The van der Waals surface area contributed by atoms with Gasteiger partial charge in [-0.05, 0) is 37.0 Å². The smallest absolute Gasteiger partial charge is 0.239 e. The van der Waals surface area contributed by atoms with Gasteiger partial charge in [0.05, 0.1) is 12.0 Å². The average Bonchev–Trinajstić information content (AvgIpc) is 3.33. The van der Waals surface area contributed by atoms with Crippen LogP contribution in [0.4, 0.5) is 0 Å². The Hall–Kier alpha value is -1.59. The Balaban J connectivity index is 1.89. The van der Waals surface area contributed by atoms with E-state index in [1.54, 1.807) is 26.3 Å². The molecule has 23 heavy (non-hydrogen) atoms. The summed E-state index contributed by atoms with van der Waals surface area (Å²) in [6.45, 7) is 1.23. The van der Waals surface area contributed by atoms with Crippen molar-refractivity contribution in [3.8, 4) is 0 Å². The molecule has 0 saturated heterocycles. The number of carbonyl (C=O) groups excluding carboxylic acids is 2. The Morgan fingerprint density at radius 3 is 2.52 bits per heavy atom. The number of methoxy groups -OCH3 is 1. The number of benzene rings is 1. The predicted octanol–water partition coefficient (Wildman–Crippen LogP) is 1.98. The van der Waals surface area contributed by atoms with Crippen LogP contribution in [0.1, 0.15) is 24.8 Å². The second-order valence-electron chi connectivity index (χ2n) is 5.95. The summed E-state index contributed by atoms with van der Waals surface area (Å²) in [5.74, 6) is -0.157. The van der Waals surface area contributed by atoms with Gasteiger partial charge in [0.15, 0.2) is 0 Å². The number of halogens is 1. The van der Waals surface area contributed by atoms with Gasteiger partial charge in [0, 0.05) is 32.3 Å². The van der Waals surface area contributed by atoms with E-state index in [-0.39, 0.29) is 18.4 Å². The van der Waals surface area contributed by atoms with E-state index in [1.165, 1.54) is 4.90 Å². The summed E-state index contributed by atoms with van der Waals surface area (Å²) in [6.07, 6.45) is 2.38. The molecule has 5 nitrogen and oxygen atoms in total. The minimum Gasteiger partial charge on any atom is -0.385 e. The van der Waals surface area contributed by atoms with Gasteiger partial charge in [0.25, 0.3) is 0 Å². The molecule has 0 atom stereocenters. The molecule has 2 amide bonds. The summed E-state index contributed by atoms with van der Waals surface area (Å²) >= 11 is 5.91. The largest absolute Gasteiger partial charge is 0.385 e. The maximum atomic E-state index is 12.7. The average molecular weight is 339 g/mol. The van der Waals surface area contributed by atoms with Crippen molar-refractivity contribution in [2.24, 2.45) is 0 Å². The molecule has 1 N–H and O–H groups in total. The lowest BCUT2D eigenvalue weighted by Crippen LogP contribution is -2.43. The van der Waals surface area contributed by atoms with E-state index < -0.39 is 5.41 Å². The third kappa shape index (κ3) is 4.45. The normalized spacial score (nSPS) is 15.1. The van der Waals surface area contributed by atoms with E-state index in [0.29, 0.717) is 18.2 Å². The van der Waals surface area contributed by atoms with Crippen LogP contribution in [-0.4, -0.2) is 50.6 Å². The second-order valence-corrected chi connectivity index (χ2v) is 6.38. The summed E-state index contributed by atoms with van der Waals surface area (Å²) in [7, 11) is 3.30. The Morgan fingerprint density at radius 1 is 1.30 bits per heavy atom. The molecule has 1 aliphatic carbocycles. The van der Waals surface area contributed by atoms with Crippen LogP contribution in [0.15, 0.2) is 24.3 Å². The van der Waals surface area contributed by atoms with Crippen LogP contribution in [0.5, 0.6) is 0 Å². The van der Waals surface area contributed by atoms with Gasteiger partial charge in [-0.1, -0.05) is 23.7 Å². The summed E-state index contributed by atoms with van der Waals surface area (Å²) in [5.41, 5.74) is 0.495. The van der Waals surface area contributed by atoms with Crippen molar-refractivity contribution < 1.29 is 14.3 Å². The molecule has 2 rings (SSSR count). The van der Waals surface area contributed by atoms with E-state index in [9.17, 15) is 9.59 Å². The zero-order chi connectivity index (χ0) is 16.9. The van der Waals surface area contributed by atoms with Crippen LogP contribution < -0.4 is 5.32 Å². The van der Waals surface area contributed by atoms with Crippen LogP contribution in [0.2, 0.25) is 5.02 Å². The van der Waals surface area contributed by atoms with Gasteiger partial charge in [-0.25, -0.2) is 0 Å². The summed E-state index contributed by atoms with van der Waals surface area (Å²) in [6, 6.07) is 7.39.